The van der Waals surface area contributed by atoms with E-state index >= 15 is 0 Å². The normalized spacial score (nSPS) is 21.2. The number of rotatable bonds is 4. The van der Waals surface area contributed by atoms with Gasteiger partial charge in [-0.25, -0.2) is 0 Å². The summed E-state index contributed by atoms with van der Waals surface area (Å²) in [5.41, 5.74) is 0.310. The molecule has 0 bridgehead atoms. The maximum atomic E-state index is 12.0. The third-order valence-electron chi connectivity index (χ3n) is 4.04. The summed E-state index contributed by atoms with van der Waals surface area (Å²) < 4.78 is 0. The quantitative estimate of drug-likeness (QED) is 0.880. The standard InChI is InChI=1S/C16H20Cl2N2O2/c1-10-4-2-3-5-14(10)20-15(21)9-19-16(22)12-7-6-11(17)8-13(12)18/h6-8,10,14H,2-5,9H2,1H3,(H,19,22)(H,20,21). The van der Waals surface area contributed by atoms with Gasteiger partial charge in [-0.05, 0) is 37.0 Å². The minimum Gasteiger partial charge on any atom is -0.352 e. The van der Waals surface area contributed by atoms with E-state index in [-0.39, 0.29) is 29.4 Å². The first-order valence-corrected chi connectivity index (χ1v) is 8.25. The highest BCUT2D eigenvalue weighted by Gasteiger charge is 2.23. The lowest BCUT2D eigenvalue weighted by atomic mass is 9.86. The molecule has 1 aliphatic carbocycles. The molecule has 1 saturated carbocycles. The predicted molar refractivity (Wildman–Crippen MR) is 88.4 cm³/mol. The number of amides is 2. The fourth-order valence-corrected chi connectivity index (χ4v) is 3.21. The first kappa shape index (κ1) is 17.1. The zero-order valence-electron chi connectivity index (χ0n) is 12.5. The minimum atomic E-state index is -0.381. The van der Waals surface area contributed by atoms with Gasteiger partial charge < -0.3 is 10.6 Å². The molecule has 2 unspecified atom stereocenters. The van der Waals surface area contributed by atoms with Crippen molar-refractivity contribution in [2.24, 2.45) is 5.92 Å². The van der Waals surface area contributed by atoms with Gasteiger partial charge >= 0.3 is 0 Å². The molecule has 2 rings (SSSR count). The summed E-state index contributed by atoms with van der Waals surface area (Å²) in [4.78, 5) is 24.0. The van der Waals surface area contributed by atoms with Crippen LogP contribution in [0.25, 0.3) is 0 Å². The number of benzene rings is 1. The monoisotopic (exact) mass is 342 g/mol. The van der Waals surface area contributed by atoms with Gasteiger partial charge in [-0.1, -0.05) is 43.0 Å². The van der Waals surface area contributed by atoms with Gasteiger partial charge in [0.1, 0.15) is 0 Å². The molecule has 2 N–H and O–H groups in total. The van der Waals surface area contributed by atoms with Crippen LogP contribution in [0.2, 0.25) is 10.0 Å². The van der Waals surface area contributed by atoms with Gasteiger partial charge in [-0.2, -0.15) is 0 Å². The van der Waals surface area contributed by atoms with Crippen LogP contribution in [0.3, 0.4) is 0 Å². The fraction of sp³-hybridized carbons (Fsp3) is 0.500. The Labute approximate surface area is 140 Å². The lowest BCUT2D eigenvalue weighted by molar-refractivity contribution is -0.121. The van der Waals surface area contributed by atoms with Crippen LogP contribution in [0.5, 0.6) is 0 Å². The van der Waals surface area contributed by atoms with Gasteiger partial charge in [0.05, 0.1) is 17.1 Å². The van der Waals surface area contributed by atoms with Crippen LogP contribution in [-0.4, -0.2) is 24.4 Å². The van der Waals surface area contributed by atoms with Crippen molar-refractivity contribution in [3.8, 4) is 0 Å². The zero-order chi connectivity index (χ0) is 16.1. The number of carbonyl (C=O) groups is 2. The SMILES string of the molecule is CC1CCCCC1NC(=O)CNC(=O)c1ccc(Cl)cc1Cl. The van der Waals surface area contributed by atoms with Crippen molar-refractivity contribution in [2.45, 2.75) is 38.6 Å². The molecule has 2 amide bonds. The largest absolute Gasteiger partial charge is 0.352 e. The molecule has 0 radical (unpaired) electrons. The lowest BCUT2D eigenvalue weighted by Crippen LogP contribution is -2.45. The Kier molecular flexibility index (Phi) is 6.09. The summed E-state index contributed by atoms with van der Waals surface area (Å²) in [6.45, 7) is 2.09. The Balaban J connectivity index is 1.84. The van der Waals surface area contributed by atoms with Gasteiger partial charge in [-0.3, -0.25) is 9.59 Å². The number of nitrogens with one attached hydrogen (secondary N) is 2. The van der Waals surface area contributed by atoms with Crippen molar-refractivity contribution in [1.29, 1.82) is 0 Å². The molecule has 1 aliphatic rings. The molecular weight excluding hydrogens is 323 g/mol. The molecular formula is C16H20Cl2N2O2. The van der Waals surface area contributed by atoms with Gasteiger partial charge in [0.15, 0.2) is 0 Å². The average molecular weight is 343 g/mol. The van der Waals surface area contributed by atoms with Gasteiger partial charge in [0.25, 0.3) is 5.91 Å². The highest BCUT2D eigenvalue weighted by molar-refractivity contribution is 6.36. The first-order valence-electron chi connectivity index (χ1n) is 7.50. The van der Waals surface area contributed by atoms with Crippen molar-refractivity contribution >= 4 is 35.0 Å². The van der Waals surface area contributed by atoms with Crippen LogP contribution in [0, 0.1) is 5.92 Å². The summed E-state index contributed by atoms with van der Waals surface area (Å²) in [5.74, 6) is -0.0650. The second-order valence-corrected chi connectivity index (χ2v) is 6.59. The van der Waals surface area contributed by atoms with Crippen LogP contribution < -0.4 is 10.6 Å². The van der Waals surface area contributed by atoms with Crippen molar-refractivity contribution < 1.29 is 9.59 Å². The van der Waals surface area contributed by atoms with E-state index in [1.165, 1.54) is 12.5 Å². The lowest BCUT2D eigenvalue weighted by Gasteiger charge is -2.29. The molecule has 6 heteroatoms. The smallest absolute Gasteiger partial charge is 0.253 e. The van der Waals surface area contributed by atoms with E-state index in [1.807, 2.05) is 0 Å². The zero-order valence-corrected chi connectivity index (χ0v) is 14.0. The van der Waals surface area contributed by atoms with E-state index in [0.29, 0.717) is 16.5 Å². The number of carbonyl (C=O) groups excluding carboxylic acids is 2. The Morgan fingerprint density at radius 1 is 1.23 bits per heavy atom. The molecule has 2 atom stereocenters. The molecule has 0 heterocycles. The second kappa shape index (κ2) is 7.84. The minimum absolute atomic E-state index is 0.0546. The predicted octanol–water partition coefficient (Wildman–Crippen LogP) is 3.42. The van der Waals surface area contributed by atoms with E-state index in [1.54, 1.807) is 12.1 Å². The summed E-state index contributed by atoms with van der Waals surface area (Å²) in [6, 6.07) is 4.84. The molecule has 0 spiro atoms. The summed E-state index contributed by atoms with van der Waals surface area (Å²) in [6.07, 6.45) is 4.50. The van der Waals surface area contributed by atoms with Crippen molar-refractivity contribution in [1.82, 2.24) is 10.6 Å². The van der Waals surface area contributed by atoms with Crippen molar-refractivity contribution in [3.63, 3.8) is 0 Å². The topological polar surface area (TPSA) is 58.2 Å². The molecule has 0 saturated heterocycles. The van der Waals surface area contributed by atoms with E-state index in [2.05, 4.69) is 17.6 Å². The van der Waals surface area contributed by atoms with Crippen LogP contribution in [0.15, 0.2) is 18.2 Å². The maximum Gasteiger partial charge on any atom is 0.253 e. The number of hydrogen-bond acceptors (Lipinski definition) is 2. The second-order valence-electron chi connectivity index (χ2n) is 5.74. The summed E-state index contributed by atoms with van der Waals surface area (Å²) in [7, 11) is 0. The Hall–Kier alpha value is -1.26. The van der Waals surface area contributed by atoms with E-state index in [4.69, 9.17) is 23.2 Å². The Morgan fingerprint density at radius 2 is 1.95 bits per heavy atom. The third kappa shape index (κ3) is 4.62. The van der Waals surface area contributed by atoms with Crippen LogP contribution in [0.4, 0.5) is 0 Å². The average Bonchev–Trinajstić information content (AvgIpc) is 2.47. The van der Waals surface area contributed by atoms with Crippen LogP contribution in [-0.2, 0) is 4.79 Å². The van der Waals surface area contributed by atoms with Gasteiger partial charge in [0.2, 0.25) is 5.91 Å². The molecule has 4 nitrogen and oxygen atoms in total. The molecule has 0 aromatic heterocycles. The van der Waals surface area contributed by atoms with E-state index in [0.717, 1.165) is 19.3 Å². The van der Waals surface area contributed by atoms with Crippen LogP contribution >= 0.6 is 23.2 Å². The molecule has 22 heavy (non-hydrogen) atoms. The van der Waals surface area contributed by atoms with Crippen LogP contribution in [0.1, 0.15) is 43.0 Å². The summed E-state index contributed by atoms with van der Waals surface area (Å²) in [5, 5.41) is 6.31. The van der Waals surface area contributed by atoms with Gasteiger partial charge in [0, 0.05) is 11.1 Å². The molecule has 0 aliphatic heterocycles. The third-order valence-corrected chi connectivity index (χ3v) is 4.59. The maximum absolute atomic E-state index is 12.0. The molecule has 1 fully saturated rings. The molecule has 1 aromatic carbocycles. The highest BCUT2D eigenvalue weighted by Crippen LogP contribution is 2.23. The molecule has 120 valence electrons. The highest BCUT2D eigenvalue weighted by atomic mass is 35.5. The van der Waals surface area contributed by atoms with E-state index < -0.39 is 0 Å². The van der Waals surface area contributed by atoms with E-state index in [9.17, 15) is 9.59 Å². The Bertz CT molecular complexity index is 563. The van der Waals surface area contributed by atoms with Gasteiger partial charge in [-0.15, -0.1) is 0 Å². The molecule has 1 aromatic rings. The fourth-order valence-electron chi connectivity index (χ4n) is 2.72. The van der Waals surface area contributed by atoms with Crippen molar-refractivity contribution in [3.05, 3.63) is 33.8 Å². The van der Waals surface area contributed by atoms with Crippen molar-refractivity contribution in [2.75, 3.05) is 6.54 Å². The summed E-state index contributed by atoms with van der Waals surface area (Å²) >= 11 is 11.8. The Morgan fingerprint density at radius 3 is 2.64 bits per heavy atom. The number of halogens is 2. The number of hydrogen-bond donors (Lipinski definition) is 2. The first-order chi connectivity index (χ1) is 10.5.